The van der Waals surface area contributed by atoms with Crippen LogP contribution in [-0.4, -0.2) is 33.9 Å². The molecule has 0 fully saturated rings. The van der Waals surface area contributed by atoms with Crippen molar-refractivity contribution in [1.29, 1.82) is 0 Å². The monoisotopic (exact) mass is 347 g/mol. The lowest BCUT2D eigenvalue weighted by atomic mass is 9.91. The van der Waals surface area contributed by atoms with Crippen molar-refractivity contribution >= 4 is 27.8 Å². The maximum absolute atomic E-state index is 4.87. The Bertz CT molecular complexity index is 795. The molecule has 0 spiro atoms. The number of aromatic nitrogens is 4. The van der Waals surface area contributed by atoms with Crippen molar-refractivity contribution in [3.05, 3.63) is 27.9 Å². The van der Waals surface area contributed by atoms with E-state index in [1.165, 1.54) is 46.2 Å². The molecule has 0 aromatic carbocycles. The molecule has 3 aromatic rings. The molecule has 6 nitrogen and oxygen atoms in total. The highest BCUT2D eigenvalue weighted by molar-refractivity contribution is 7.18. The average Bonchev–Trinajstić information content (AvgIpc) is 3.26. The number of fused-ring (bicyclic) bond motifs is 1. The second-order valence-electron chi connectivity index (χ2n) is 5.79. The van der Waals surface area contributed by atoms with E-state index < -0.39 is 0 Å². The van der Waals surface area contributed by atoms with E-state index in [0.717, 1.165) is 22.4 Å². The zero-order valence-corrected chi connectivity index (χ0v) is 14.7. The molecule has 8 heteroatoms. The van der Waals surface area contributed by atoms with Crippen molar-refractivity contribution in [1.82, 2.24) is 20.3 Å². The number of rotatable bonds is 4. The number of nitrogens with zero attached hydrogens (tertiary/aromatic N) is 5. The van der Waals surface area contributed by atoms with Crippen molar-refractivity contribution in [2.75, 3.05) is 18.5 Å². The Morgan fingerprint density at radius 1 is 1.35 bits per heavy atom. The topological polar surface area (TPSA) is 67.9 Å². The first-order valence-corrected chi connectivity index (χ1v) is 9.25. The minimum Gasteiger partial charge on any atom is -0.364 e. The molecule has 0 saturated carbocycles. The van der Waals surface area contributed by atoms with Crippen LogP contribution >= 0.6 is 22.7 Å². The lowest BCUT2D eigenvalue weighted by Crippen LogP contribution is -2.26. The van der Waals surface area contributed by atoms with E-state index in [0.29, 0.717) is 5.92 Å². The van der Waals surface area contributed by atoms with Gasteiger partial charge in [-0.05, 0) is 26.2 Å². The van der Waals surface area contributed by atoms with Gasteiger partial charge in [0.1, 0.15) is 12.0 Å². The van der Waals surface area contributed by atoms with Crippen molar-refractivity contribution < 1.29 is 4.52 Å². The molecule has 0 radical (unpaired) electrons. The van der Waals surface area contributed by atoms with Gasteiger partial charge in [0, 0.05) is 30.5 Å². The summed E-state index contributed by atoms with van der Waals surface area (Å²) in [6.45, 7) is 3.02. The summed E-state index contributed by atoms with van der Waals surface area (Å²) in [5, 5.41) is 15.3. The van der Waals surface area contributed by atoms with Crippen LogP contribution in [0, 0.1) is 6.92 Å². The van der Waals surface area contributed by atoms with Gasteiger partial charge in [-0.15, -0.1) is 21.5 Å². The molecule has 1 atom stereocenters. The summed E-state index contributed by atoms with van der Waals surface area (Å²) in [7, 11) is 2.07. The Morgan fingerprint density at radius 2 is 2.26 bits per heavy atom. The molecule has 1 unspecified atom stereocenters. The molecule has 0 N–H and O–H groups in total. The molecule has 3 heterocycles. The third-order valence-corrected chi connectivity index (χ3v) is 6.18. The van der Waals surface area contributed by atoms with Crippen molar-refractivity contribution in [3.8, 4) is 10.7 Å². The zero-order chi connectivity index (χ0) is 15.8. The molecule has 0 amide bonds. The summed E-state index contributed by atoms with van der Waals surface area (Å²) in [6.07, 6.45) is 5.16. The van der Waals surface area contributed by atoms with Crippen LogP contribution in [0.1, 0.15) is 34.3 Å². The molecule has 0 aliphatic heterocycles. The van der Waals surface area contributed by atoms with Crippen LogP contribution in [0.4, 0.5) is 5.13 Å². The van der Waals surface area contributed by atoms with Crippen LogP contribution < -0.4 is 4.90 Å². The molecule has 0 saturated heterocycles. The molecule has 120 valence electrons. The molecule has 1 aliphatic carbocycles. The molecular weight excluding hydrogens is 330 g/mol. The molecule has 1 aliphatic rings. The Morgan fingerprint density at radius 3 is 3.09 bits per heavy atom. The number of anilines is 1. The van der Waals surface area contributed by atoms with Gasteiger partial charge in [0.2, 0.25) is 5.13 Å². The van der Waals surface area contributed by atoms with Crippen molar-refractivity contribution in [3.63, 3.8) is 0 Å². The number of aryl methyl sites for hydroxylation is 2. The Labute approximate surface area is 142 Å². The van der Waals surface area contributed by atoms with Gasteiger partial charge < -0.3 is 9.42 Å². The summed E-state index contributed by atoms with van der Waals surface area (Å²) in [6, 6.07) is 1.80. The number of hydrogen-bond donors (Lipinski definition) is 0. The smallest absolute Gasteiger partial charge is 0.208 e. The van der Waals surface area contributed by atoms with E-state index in [9.17, 15) is 0 Å². The first kappa shape index (κ1) is 14.8. The predicted molar refractivity (Wildman–Crippen MR) is 91.2 cm³/mol. The second kappa shape index (κ2) is 6.01. The molecular formula is C15H17N5OS2. The van der Waals surface area contributed by atoms with E-state index in [1.807, 2.05) is 11.3 Å². The molecule has 3 aromatic heterocycles. The summed E-state index contributed by atoms with van der Waals surface area (Å²) >= 11 is 3.38. The second-order valence-corrected chi connectivity index (χ2v) is 8.03. The maximum Gasteiger partial charge on any atom is 0.208 e. The lowest BCUT2D eigenvalue weighted by Gasteiger charge is -2.25. The number of likely N-dealkylation sites (N-methyl/N-ethyl adjacent to an activating group) is 1. The summed E-state index contributed by atoms with van der Waals surface area (Å²) in [4.78, 5) is 8.40. The summed E-state index contributed by atoms with van der Waals surface area (Å²) in [5.41, 5.74) is 2.03. The zero-order valence-electron chi connectivity index (χ0n) is 13.0. The van der Waals surface area contributed by atoms with Gasteiger partial charge in [0.05, 0.1) is 10.7 Å². The fourth-order valence-electron chi connectivity index (χ4n) is 3.01. The van der Waals surface area contributed by atoms with Crippen LogP contribution in [0.25, 0.3) is 10.7 Å². The summed E-state index contributed by atoms with van der Waals surface area (Å²) < 4.78 is 4.87. The minimum atomic E-state index is 0.480. The van der Waals surface area contributed by atoms with Gasteiger partial charge in [0.25, 0.3) is 0 Å². The van der Waals surface area contributed by atoms with Crippen LogP contribution in [-0.2, 0) is 6.42 Å². The predicted octanol–water partition coefficient (Wildman–Crippen LogP) is 3.51. The highest BCUT2D eigenvalue weighted by Crippen LogP contribution is 2.36. The van der Waals surface area contributed by atoms with E-state index in [4.69, 9.17) is 9.51 Å². The fraction of sp³-hybridized carbons (Fsp3) is 0.467. The van der Waals surface area contributed by atoms with Crippen LogP contribution in [0.3, 0.4) is 0 Å². The normalized spacial score (nSPS) is 17.2. The minimum absolute atomic E-state index is 0.480. The Kier molecular flexibility index (Phi) is 3.86. The standard InChI is InChI=1S/C15H17N5OS2/c1-9-16-13-10(4-3-5-12(13)22-9)8-20(2)15-18-17-14(23-15)11-6-7-21-19-11/h6-7,10H,3-5,8H2,1-2H3. The highest BCUT2D eigenvalue weighted by atomic mass is 32.1. The van der Waals surface area contributed by atoms with Crippen molar-refractivity contribution in [2.45, 2.75) is 32.1 Å². The molecule has 4 rings (SSSR count). The van der Waals surface area contributed by atoms with Gasteiger partial charge in [-0.1, -0.05) is 16.5 Å². The lowest BCUT2D eigenvalue weighted by molar-refractivity contribution is 0.422. The van der Waals surface area contributed by atoms with Gasteiger partial charge in [0.15, 0.2) is 5.01 Å². The quantitative estimate of drug-likeness (QED) is 0.719. The van der Waals surface area contributed by atoms with Gasteiger partial charge in [-0.3, -0.25) is 0 Å². The SMILES string of the molecule is Cc1nc2c(s1)CCCC2CN(C)c1nnc(-c2ccon2)s1. The van der Waals surface area contributed by atoms with E-state index >= 15 is 0 Å². The summed E-state index contributed by atoms with van der Waals surface area (Å²) in [5.74, 6) is 0.480. The van der Waals surface area contributed by atoms with Gasteiger partial charge in [-0.2, -0.15) is 0 Å². The molecule has 23 heavy (non-hydrogen) atoms. The average molecular weight is 347 g/mol. The van der Waals surface area contributed by atoms with Gasteiger partial charge in [-0.25, -0.2) is 4.98 Å². The number of hydrogen-bond acceptors (Lipinski definition) is 8. The van der Waals surface area contributed by atoms with Crippen LogP contribution in [0.5, 0.6) is 0 Å². The van der Waals surface area contributed by atoms with Gasteiger partial charge >= 0.3 is 0 Å². The number of thiazole rings is 1. The van der Waals surface area contributed by atoms with E-state index in [2.05, 4.69) is 34.2 Å². The van der Waals surface area contributed by atoms with E-state index in [-0.39, 0.29) is 0 Å². The largest absolute Gasteiger partial charge is 0.364 e. The first-order valence-electron chi connectivity index (χ1n) is 7.62. The highest BCUT2D eigenvalue weighted by Gasteiger charge is 2.26. The van der Waals surface area contributed by atoms with Crippen molar-refractivity contribution in [2.24, 2.45) is 0 Å². The van der Waals surface area contributed by atoms with Crippen LogP contribution in [0.15, 0.2) is 16.9 Å². The fourth-order valence-corrected chi connectivity index (χ4v) is 4.85. The Hall–Kier alpha value is -1.80. The van der Waals surface area contributed by atoms with E-state index in [1.54, 1.807) is 12.3 Å². The third-order valence-electron chi connectivity index (χ3n) is 4.07. The van der Waals surface area contributed by atoms with Crippen LogP contribution in [0.2, 0.25) is 0 Å². The molecule has 0 bridgehead atoms. The first-order chi connectivity index (χ1) is 11.2. The third kappa shape index (κ3) is 2.88. The Balaban J connectivity index is 1.51. The maximum atomic E-state index is 4.87.